The minimum absolute atomic E-state index is 0.0720. The van der Waals surface area contributed by atoms with Crippen molar-refractivity contribution in [3.05, 3.63) is 46.7 Å². The Labute approximate surface area is 171 Å². The molecule has 1 aliphatic rings. The summed E-state index contributed by atoms with van der Waals surface area (Å²) < 4.78 is 15.7. The molecule has 0 N–H and O–H groups in total. The Hall–Kier alpha value is -2.98. The summed E-state index contributed by atoms with van der Waals surface area (Å²) >= 11 is 0. The summed E-state index contributed by atoms with van der Waals surface area (Å²) in [6, 6.07) is 9.05. The number of hydrogen-bond donors (Lipinski definition) is 0. The lowest BCUT2D eigenvalue weighted by Crippen LogP contribution is -2.37. The van der Waals surface area contributed by atoms with Gasteiger partial charge >= 0.3 is 11.9 Å². The number of carbonyl (C=O) groups excluding carboxylic acids is 2. The summed E-state index contributed by atoms with van der Waals surface area (Å²) in [7, 11) is 1.51. The summed E-state index contributed by atoms with van der Waals surface area (Å²) in [5, 5.41) is 9.60. The molecule has 2 unspecified atom stereocenters. The van der Waals surface area contributed by atoms with E-state index in [-0.39, 0.29) is 24.9 Å². The van der Waals surface area contributed by atoms with Crippen LogP contribution in [0.25, 0.3) is 0 Å². The van der Waals surface area contributed by atoms with Crippen molar-refractivity contribution >= 4 is 17.7 Å². The molecule has 0 fully saturated rings. The maximum atomic E-state index is 13.0. The largest absolute Gasteiger partial charge is 0.462 e. The summed E-state index contributed by atoms with van der Waals surface area (Å²) in [5.41, 5.74) is 2.17. The first-order valence-electron chi connectivity index (χ1n) is 9.43. The fourth-order valence-corrected chi connectivity index (χ4v) is 3.41. The van der Waals surface area contributed by atoms with Crippen LogP contribution in [0.5, 0.6) is 0 Å². The lowest BCUT2D eigenvalue weighted by molar-refractivity contribution is -0.150. The van der Waals surface area contributed by atoms with Gasteiger partial charge in [-0.3, -0.25) is 9.79 Å². The number of allylic oxidation sites excluding steroid dienone is 1. The third-order valence-electron chi connectivity index (χ3n) is 4.59. The average molecular weight is 398 g/mol. The predicted octanol–water partition coefficient (Wildman–Crippen LogP) is 3.15. The van der Waals surface area contributed by atoms with Crippen molar-refractivity contribution < 1.29 is 23.8 Å². The second kappa shape index (κ2) is 9.99. The maximum absolute atomic E-state index is 13.0. The van der Waals surface area contributed by atoms with Gasteiger partial charge in [0.1, 0.15) is 12.5 Å². The van der Waals surface area contributed by atoms with Crippen molar-refractivity contribution in [3.8, 4) is 6.07 Å². The molecule has 1 aromatic rings. The normalized spacial score (nSPS) is 18.9. The number of methoxy groups -OCH3 is 1. The number of esters is 2. The zero-order valence-electron chi connectivity index (χ0n) is 17.4. The highest BCUT2D eigenvalue weighted by atomic mass is 16.6. The van der Waals surface area contributed by atoms with Crippen LogP contribution in [-0.2, 0) is 23.8 Å². The van der Waals surface area contributed by atoms with Gasteiger partial charge in [0.2, 0.25) is 0 Å². The zero-order valence-corrected chi connectivity index (χ0v) is 17.4. The number of nitrogens with zero attached hydrogens (tertiary/aromatic N) is 2. The molecule has 0 spiro atoms. The van der Waals surface area contributed by atoms with Gasteiger partial charge in [0, 0.05) is 24.4 Å². The molecule has 154 valence electrons. The molecule has 1 aliphatic heterocycles. The average Bonchev–Trinajstić information content (AvgIpc) is 2.66. The molecule has 0 amide bonds. The molecule has 0 radical (unpaired) electrons. The number of aliphatic imine (C=N–C) groups is 1. The van der Waals surface area contributed by atoms with Crippen molar-refractivity contribution in [2.45, 2.75) is 39.7 Å². The van der Waals surface area contributed by atoms with E-state index in [1.54, 1.807) is 52.0 Å². The summed E-state index contributed by atoms with van der Waals surface area (Å²) in [6.45, 7) is 7.26. The van der Waals surface area contributed by atoms with E-state index < -0.39 is 23.8 Å². The maximum Gasteiger partial charge on any atom is 0.336 e. The quantitative estimate of drug-likeness (QED) is 0.517. The summed E-state index contributed by atoms with van der Waals surface area (Å²) in [5.74, 6) is -2.64. The highest BCUT2D eigenvalue weighted by Crippen LogP contribution is 2.41. The van der Waals surface area contributed by atoms with Crippen LogP contribution in [0.1, 0.15) is 44.7 Å². The van der Waals surface area contributed by atoms with E-state index in [1.807, 2.05) is 0 Å². The lowest BCUT2D eigenvalue weighted by atomic mass is 9.74. The highest BCUT2D eigenvalue weighted by Gasteiger charge is 2.43. The topological polar surface area (TPSA) is 98.0 Å². The van der Waals surface area contributed by atoms with E-state index >= 15 is 0 Å². The van der Waals surface area contributed by atoms with Gasteiger partial charge < -0.3 is 14.2 Å². The van der Waals surface area contributed by atoms with Crippen molar-refractivity contribution in [1.82, 2.24) is 0 Å². The molecule has 1 heterocycles. The number of nitriles is 1. The molecule has 0 aromatic heterocycles. The van der Waals surface area contributed by atoms with Gasteiger partial charge in [-0.25, -0.2) is 4.79 Å². The Morgan fingerprint density at radius 1 is 1.21 bits per heavy atom. The Bertz CT molecular complexity index is 879. The van der Waals surface area contributed by atoms with Crippen molar-refractivity contribution in [3.63, 3.8) is 0 Å². The third kappa shape index (κ3) is 5.09. The molecule has 7 heteroatoms. The SMILES string of the molecule is COCCOC(=O)C1=C(C)N=C(C)C(C(=O)OC(C)C)C1c1ccccc1C#N. The molecule has 0 aliphatic carbocycles. The van der Waals surface area contributed by atoms with E-state index in [9.17, 15) is 14.9 Å². The van der Waals surface area contributed by atoms with Crippen LogP contribution < -0.4 is 0 Å². The molecular weight excluding hydrogens is 372 g/mol. The van der Waals surface area contributed by atoms with E-state index in [4.69, 9.17) is 14.2 Å². The van der Waals surface area contributed by atoms with Gasteiger partial charge in [0.25, 0.3) is 0 Å². The molecule has 2 rings (SSSR count). The Kier molecular flexibility index (Phi) is 7.68. The van der Waals surface area contributed by atoms with E-state index in [2.05, 4.69) is 11.1 Å². The van der Waals surface area contributed by atoms with Gasteiger partial charge in [0.15, 0.2) is 0 Å². The fraction of sp³-hybridized carbons (Fsp3) is 0.455. The number of carbonyl (C=O) groups is 2. The van der Waals surface area contributed by atoms with Crippen LogP contribution in [0, 0.1) is 17.2 Å². The van der Waals surface area contributed by atoms with Crippen molar-refractivity contribution in [1.29, 1.82) is 5.26 Å². The van der Waals surface area contributed by atoms with Crippen LogP contribution in [0.15, 0.2) is 40.5 Å². The first-order valence-corrected chi connectivity index (χ1v) is 9.43. The minimum Gasteiger partial charge on any atom is -0.462 e. The second-order valence-corrected chi connectivity index (χ2v) is 7.02. The fourth-order valence-electron chi connectivity index (χ4n) is 3.41. The van der Waals surface area contributed by atoms with Crippen LogP contribution in [0.4, 0.5) is 0 Å². The second-order valence-electron chi connectivity index (χ2n) is 7.02. The van der Waals surface area contributed by atoms with Gasteiger partial charge in [-0.2, -0.15) is 5.26 Å². The molecular formula is C22H26N2O5. The van der Waals surface area contributed by atoms with Crippen LogP contribution in [-0.4, -0.2) is 44.1 Å². The molecule has 2 atom stereocenters. The van der Waals surface area contributed by atoms with E-state index in [1.165, 1.54) is 7.11 Å². The monoisotopic (exact) mass is 398 g/mol. The predicted molar refractivity (Wildman–Crippen MR) is 107 cm³/mol. The van der Waals surface area contributed by atoms with Crippen LogP contribution in [0.3, 0.4) is 0 Å². The Morgan fingerprint density at radius 3 is 2.52 bits per heavy atom. The minimum atomic E-state index is -0.833. The van der Waals surface area contributed by atoms with E-state index in [0.717, 1.165) is 0 Å². The first kappa shape index (κ1) is 22.3. The number of rotatable bonds is 7. The van der Waals surface area contributed by atoms with Crippen molar-refractivity contribution in [2.75, 3.05) is 20.3 Å². The van der Waals surface area contributed by atoms with E-state index in [0.29, 0.717) is 22.5 Å². The molecule has 0 saturated carbocycles. The summed E-state index contributed by atoms with van der Waals surface area (Å²) in [6.07, 6.45) is -0.328. The number of ether oxygens (including phenoxy) is 3. The standard InChI is InChI=1S/C22H26N2O5/c1-13(2)29-22(26)19-15(4)24-14(3)18(21(25)28-11-10-27-5)20(19)17-9-7-6-8-16(17)12-23/h6-9,13,19-20H,10-11H2,1-5H3. The molecule has 29 heavy (non-hydrogen) atoms. The van der Waals surface area contributed by atoms with Crippen LogP contribution in [0.2, 0.25) is 0 Å². The van der Waals surface area contributed by atoms with Gasteiger partial charge in [-0.1, -0.05) is 18.2 Å². The van der Waals surface area contributed by atoms with Crippen molar-refractivity contribution in [2.24, 2.45) is 10.9 Å². The van der Waals surface area contributed by atoms with Gasteiger partial charge in [-0.05, 0) is 39.3 Å². The summed E-state index contributed by atoms with van der Waals surface area (Å²) in [4.78, 5) is 30.3. The number of hydrogen-bond acceptors (Lipinski definition) is 7. The Morgan fingerprint density at radius 2 is 1.90 bits per heavy atom. The highest BCUT2D eigenvalue weighted by molar-refractivity contribution is 6.07. The first-order chi connectivity index (χ1) is 13.8. The smallest absolute Gasteiger partial charge is 0.336 e. The molecule has 0 saturated heterocycles. The van der Waals surface area contributed by atoms with Crippen LogP contribution >= 0.6 is 0 Å². The zero-order chi connectivity index (χ0) is 21.6. The Balaban J connectivity index is 2.61. The number of benzene rings is 1. The molecule has 7 nitrogen and oxygen atoms in total. The lowest BCUT2D eigenvalue weighted by Gasteiger charge is -2.32. The van der Waals surface area contributed by atoms with Gasteiger partial charge in [0.05, 0.1) is 29.9 Å². The van der Waals surface area contributed by atoms with Gasteiger partial charge in [-0.15, -0.1) is 0 Å². The molecule has 0 bridgehead atoms. The third-order valence-corrected chi connectivity index (χ3v) is 4.59. The molecule has 1 aromatic carbocycles.